The van der Waals surface area contributed by atoms with E-state index in [-0.39, 0.29) is 17.9 Å². The van der Waals surface area contributed by atoms with Crippen molar-refractivity contribution in [2.24, 2.45) is 0 Å². The highest BCUT2D eigenvalue weighted by Crippen LogP contribution is 2.24. The Morgan fingerprint density at radius 2 is 1.84 bits per heavy atom. The second kappa shape index (κ2) is 8.00. The van der Waals surface area contributed by atoms with Crippen LogP contribution < -0.4 is 0 Å². The summed E-state index contributed by atoms with van der Waals surface area (Å²) in [6, 6.07) is 15.3. The van der Waals surface area contributed by atoms with Gasteiger partial charge >= 0.3 is 0 Å². The minimum absolute atomic E-state index is 0.00242. The Kier molecular flexibility index (Phi) is 5.03. The van der Waals surface area contributed by atoms with Gasteiger partial charge in [-0.1, -0.05) is 18.2 Å². The number of carbonyl (C=O) groups is 2. The Bertz CT molecular complexity index is 1230. The lowest BCUT2D eigenvalue weighted by Crippen LogP contribution is -2.55. The van der Waals surface area contributed by atoms with Crippen LogP contribution >= 0.6 is 11.3 Å². The zero-order valence-electron chi connectivity index (χ0n) is 17.1. The Balaban J connectivity index is 1.26. The number of thiazole rings is 1. The van der Waals surface area contributed by atoms with Crippen molar-refractivity contribution in [2.45, 2.75) is 13.0 Å². The van der Waals surface area contributed by atoms with Gasteiger partial charge in [0, 0.05) is 54.7 Å². The summed E-state index contributed by atoms with van der Waals surface area (Å²) in [6.07, 6.45) is 3.70. The van der Waals surface area contributed by atoms with E-state index < -0.39 is 0 Å². The molecule has 0 aliphatic carbocycles. The van der Waals surface area contributed by atoms with Crippen LogP contribution in [0.2, 0.25) is 0 Å². The summed E-state index contributed by atoms with van der Waals surface area (Å²) in [5, 5.41) is 1.08. The van der Waals surface area contributed by atoms with Gasteiger partial charge in [-0.2, -0.15) is 0 Å². The number of hydrogen-bond donors (Lipinski definition) is 1. The smallest absolute Gasteiger partial charge is 0.254 e. The first-order valence-corrected chi connectivity index (χ1v) is 11.1. The molecule has 1 fully saturated rings. The number of benzene rings is 2. The summed E-state index contributed by atoms with van der Waals surface area (Å²) >= 11 is 1.57. The standard InChI is InChI=1S/C24H22N4O2S/c1-16-14-27(23(29)19-5-3-18(4-6-19)22-13-25-15-31-22)10-11-28(16)24(30)20-7-2-17-8-9-26-21(17)12-20/h2-9,12-13,15-16,26H,10-11,14H2,1H3/t16-/m0/s1. The zero-order chi connectivity index (χ0) is 21.4. The highest BCUT2D eigenvalue weighted by molar-refractivity contribution is 7.13. The fourth-order valence-corrected chi connectivity index (χ4v) is 4.74. The van der Waals surface area contributed by atoms with E-state index in [1.807, 2.05) is 77.6 Å². The van der Waals surface area contributed by atoms with E-state index in [2.05, 4.69) is 9.97 Å². The predicted molar refractivity (Wildman–Crippen MR) is 122 cm³/mol. The van der Waals surface area contributed by atoms with Crippen LogP contribution in [0.1, 0.15) is 27.6 Å². The first-order chi connectivity index (χ1) is 15.1. The number of H-pyrrole nitrogens is 1. The number of nitrogens with zero attached hydrogens (tertiary/aromatic N) is 3. The minimum Gasteiger partial charge on any atom is -0.361 e. The van der Waals surface area contributed by atoms with E-state index in [9.17, 15) is 9.59 Å². The molecule has 156 valence electrons. The molecule has 6 nitrogen and oxygen atoms in total. The van der Waals surface area contributed by atoms with Gasteiger partial charge in [0.05, 0.1) is 10.4 Å². The topological polar surface area (TPSA) is 69.3 Å². The Morgan fingerprint density at radius 3 is 2.58 bits per heavy atom. The number of hydrogen-bond acceptors (Lipinski definition) is 4. The number of aromatic amines is 1. The SMILES string of the molecule is C[C@H]1CN(C(=O)c2ccc(-c3cncs3)cc2)CCN1C(=O)c1ccc2cc[nH]c2c1. The van der Waals surface area contributed by atoms with Gasteiger partial charge in [0.1, 0.15) is 0 Å². The van der Waals surface area contributed by atoms with E-state index in [4.69, 9.17) is 0 Å². The molecule has 1 saturated heterocycles. The van der Waals surface area contributed by atoms with Gasteiger partial charge in [0.2, 0.25) is 0 Å². The molecule has 1 aliphatic rings. The third-order valence-electron chi connectivity index (χ3n) is 5.83. The molecule has 2 aromatic carbocycles. The summed E-state index contributed by atoms with van der Waals surface area (Å²) in [5.74, 6) is 0.00705. The monoisotopic (exact) mass is 430 g/mol. The van der Waals surface area contributed by atoms with Crippen LogP contribution in [0.25, 0.3) is 21.3 Å². The summed E-state index contributed by atoms with van der Waals surface area (Å²) < 4.78 is 0. The summed E-state index contributed by atoms with van der Waals surface area (Å²) in [6.45, 7) is 3.56. The molecule has 7 heteroatoms. The molecule has 31 heavy (non-hydrogen) atoms. The van der Waals surface area contributed by atoms with Crippen LogP contribution in [0.5, 0.6) is 0 Å². The molecule has 3 heterocycles. The number of aromatic nitrogens is 2. The van der Waals surface area contributed by atoms with Gasteiger partial charge in [-0.3, -0.25) is 14.6 Å². The molecule has 5 rings (SSSR count). The van der Waals surface area contributed by atoms with Gasteiger partial charge in [0.25, 0.3) is 11.8 Å². The molecule has 0 saturated carbocycles. The molecule has 2 amide bonds. The lowest BCUT2D eigenvalue weighted by molar-refractivity contribution is 0.0414. The molecule has 1 aliphatic heterocycles. The van der Waals surface area contributed by atoms with Crippen LogP contribution in [0.4, 0.5) is 0 Å². The van der Waals surface area contributed by atoms with Crippen LogP contribution in [-0.2, 0) is 0 Å². The maximum atomic E-state index is 13.1. The van der Waals surface area contributed by atoms with Crippen molar-refractivity contribution in [3.05, 3.63) is 77.6 Å². The molecule has 0 bridgehead atoms. The van der Waals surface area contributed by atoms with Gasteiger partial charge in [-0.25, -0.2) is 0 Å². The van der Waals surface area contributed by atoms with Crippen molar-refractivity contribution < 1.29 is 9.59 Å². The largest absolute Gasteiger partial charge is 0.361 e. The van der Waals surface area contributed by atoms with Gasteiger partial charge in [-0.05, 0) is 48.2 Å². The summed E-state index contributed by atoms with van der Waals surface area (Å²) in [7, 11) is 0. The average molecular weight is 431 g/mol. The number of amides is 2. The van der Waals surface area contributed by atoms with Crippen molar-refractivity contribution in [3.8, 4) is 10.4 Å². The molecular formula is C24H22N4O2S. The molecule has 0 unspecified atom stereocenters. The van der Waals surface area contributed by atoms with E-state index in [1.54, 1.807) is 16.8 Å². The Morgan fingerprint density at radius 1 is 1.03 bits per heavy atom. The average Bonchev–Trinajstić information content (AvgIpc) is 3.50. The van der Waals surface area contributed by atoms with E-state index in [1.165, 1.54) is 0 Å². The van der Waals surface area contributed by atoms with Crippen molar-refractivity contribution in [1.29, 1.82) is 0 Å². The summed E-state index contributed by atoms with van der Waals surface area (Å²) in [5.41, 5.74) is 5.14. The fourth-order valence-electron chi connectivity index (χ4n) is 4.11. The first-order valence-electron chi connectivity index (χ1n) is 10.3. The first kappa shape index (κ1) is 19.5. The number of rotatable bonds is 3. The second-order valence-electron chi connectivity index (χ2n) is 7.82. The zero-order valence-corrected chi connectivity index (χ0v) is 17.9. The summed E-state index contributed by atoms with van der Waals surface area (Å²) in [4.78, 5) is 38.1. The molecule has 1 atom stereocenters. The Labute approximate surface area is 184 Å². The second-order valence-corrected chi connectivity index (χ2v) is 8.71. The van der Waals surface area contributed by atoms with E-state index in [0.717, 1.165) is 21.3 Å². The van der Waals surface area contributed by atoms with Crippen molar-refractivity contribution in [2.75, 3.05) is 19.6 Å². The number of nitrogens with one attached hydrogen (secondary N) is 1. The van der Waals surface area contributed by atoms with Crippen molar-refractivity contribution >= 4 is 34.1 Å². The number of carbonyl (C=O) groups excluding carboxylic acids is 2. The highest BCUT2D eigenvalue weighted by atomic mass is 32.1. The highest BCUT2D eigenvalue weighted by Gasteiger charge is 2.30. The molecule has 0 spiro atoms. The lowest BCUT2D eigenvalue weighted by atomic mass is 10.1. The van der Waals surface area contributed by atoms with Crippen molar-refractivity contribution in [3.63, 3.8) is 0 Å². The third-order valence-corrected chi connectivity index (χ3v) is 6.65. The van der Waals surface area contributed by atoms with Crippen LogP contribution in [0, 0.1) is 0 Å². The van der Waals surface area contributed by atoms with Crippen LogP contribution in [0.15, 0.2) is 66.4 Å². The predicted octanol–water partition coefficient (Wildman–Crippen LogP) is 4.28. The minimum atomic E-state index is -0.0546. The fraction of sp³-hybridized carbons (Fsp3) is 0.208. The normalized spacial score (nSPS) is 16.6. The number of fused-ring (bicyclic) bond motifs is 1. The maximum Gasteiger partial charge on any atom is 0.254 e. The number of piperazine rings is 1. The molecule has 2 aromatic heterocycles. The molecule has 1 N–H and O–H groups in total. The molecule has 4 aromatic rings. The maximum absolute atomic E-state index is 13.1. The van der Waals surface area contributed by atoms with Gasteiger partial charge in [-0.15, -0.1) is 11.3 Å². The quantitative estimate of drug-likeness (QED) is 0.528. The van der Waals surface area contributed by atoms with Crippen LogP contribution in [-0.4, -0.2) is 57.3 Å². The molecular weight excluding hydrogens is 408 g/mol. The lowest BCUT2D eigenvalue weighted by Gasteiger charge is -2.40. The van der Waals surface area contributed by atoms with E-state index in [0.29, 0.717) is 30.8 Å². The van der Waals surface area contributed by atoms with Gasteiger partial charge < -0.3 is 14.8 Å². The van der Waals surface area contributed by atoms with Crippen molar-refractivity contribution in [1.82, 2.24) is 19.8 Å². The van der Waals surface area contributed by atoms with Gasteiger partial charge in [0.15, 0.2) is 0 Å². The molecule has 0 radical (unpaired) electrons. The Hall–Kier alpha value is -3.45. The van der Waals surface area contributed by atoms with Crippen LogP contribution in [0.3, 0.4) is 0 Å². The van der Waals surface area contributed by atoms with E-state index >= 15 is 0 Å². The third kappa shape index (κ3) is 3.72.